The largest absolute Gasteiger partial charge is 0.481 e. The molecule has 0 radical (unpaired) electrons. The minimum absolute atomic E-state index is 0.0660. The van der Waals surface area contributed by atoms with Crippen LogP contribution in [0.2, 0.25) is 0 Å². The smallest absolute Gasteiger partial charge is 0.313 e. The Morgan fingerprint density at radius 1 is 1.42 bits per heavy atom. The van der Waals surface area contributed by atoms with Gasteiger partial charge < -0.3 is 10.8 Å². The third-order valence-electron chi connectivity index (χ3n) is 2.77. The minimum Gasteiger partial charge on any atom is -0.481 e. The molecule has 0 amide bonds. The van der Waals surface area contributed by atoms with Gasteiger partial charge in [-0.1, -0.05) is 11.8 Å². The van der Waals surface area contributed by atoms with Crippen molar-refractivity contribution < 1.29 is 9.90 Å². The fraction of sp³-hybridized carbons (Fsp3) is 0.333. The van der Waals surface area contributed by atoms with Gasteiger partial charge in [0.2, 0.25) is 0 Å². The normalized spacial score (nSPS) is 13.6. The highest BCUT2D eigenvalue weighted by molar-refractivity contribution is 7.99. The molecule has 0 aromatic carbocycles. The van der Waals surface area contributed by atoms with Gasteiger partial charge >= 0.3 is 5.97 Å². The summed E-state index contributed by atoms with van der Waals surface area (Å²) < 4.78 is 0. The van der Waals surface area contributed by atoms with Crippen molar-refractivity contribution in [3.05, 3.63) is 16.7 Å². The summed E-state index contributed by atoms with van der Waals surface area (Å²) in [6.45, 7) is 0. The van der Waals surface area contributed by atoms with Gasteiger partial charge in [-0.05, 0) is 24.3 Å². The van der Waals surface area contributed by atoms with E-state index in [-0.39, 0.29) is 23.1 Å². The lowest BCUT2D eigenvalue weighted by Crippen LogP contribution is -2.06. The number of carboxylic acid groups (broad SMARTS) is 1. The lowest BCUT2D eigenvalue weighted by Gasteiger charge is -2.11. The Morgan fingerprint density at radius 3 is 2.53 bits per heavy atom. The highest BCUT2D eigenvalue weighted by Crippen LogP contribution is 2.45. The summed E-state index contributed by atoms with van der Waals surface area (Å²) in [6.07, 6.45) is 1.83. The fourth-order valence-electron chi connectivity index (χ4n) is 1.84. The highest BCUT2D eigenvalue weighted by atomic mass is 32.2. The van der Waals surface area contributed by atoms with E-state index in [2.05, 4.69) is 4.98 Å². The average molecular weight is 274 g/mol. The van der Waals surface area contributed by atoms with Crippen LogP contribution in [-0.2, 0) is 4.79 Å². The van der Waals surface area contributed by atoms with Crippen molar-refractivity contribution in [3.63, 3.8) is 0 Å². The van der Waals surface area contributed by atoms with Gasteiger partial charge in [-0.3, -0.25) is 4.79 Å². The predicted molar refractivity (Wildman–Crippen MR) is 68.4 cm³/mol. The zero-order valence-corrected chi connectivity index (χ0v) is 10.7. The molecule has 1 saturated carbocycles. The predicted octanol–water partition coefficient (Wildman–Crippen LogP) is 1.46. The number of thioether (sulfide) groups is 1. The maximum Gasteiger partial charge on any atom is 0.313 e. The van der Waals surface area contributed by atoms with Crippen LogP contribution in [0.3, 0.4) is 0 Å². The highest BCUT2D eigenvalue weighted by Gasteiger charge is 2.32. The van der Waals surface area contributed by atoms with Gasteiger partial charge in [0.05, 0.1) is 16.9 Å². The van der Waals surface area contributed by atoms with Gasteiger partial charge in [0.15, 0.2) is 0 Å². The van der Waals surface area contributed by atoms with Crippen molar-refractivity contribution in [1.29, 1.82) is 10.5 Å². The summed E-state index contributed by atoms with van der Waals surface area (Å²) in [4.78, 5) is 14.6. The number of carbonyl (C=O) groups is 1. The van der Waals surface area contributed by atoms with E-state index in [1.807, 2.05) is 12.1 Å². The number of nitriles is 2. The van der Waals surface area contributed by atoms with E-state index >= 15 is 0 Å². The first kappa shape index (κ1) is 13.2. The number of aliphatic carboxylic acids is 1. The quantitative estimate of drug-likeness (QED) is 0.796. The van der Waals surface area contributed by atoms with E-state index in [0.717, 1.165) is 24.6 Å². The van der Waals surface area contributed by atoms with Gasteiger partial charge in [-0.15, -0.1) is 0 Å². The first-order valence-electron chi connectivity index (χ1n) is 5.56. The molecule has 96 valence electrons. The van der Waals surface area contributed by atoms with Crippen LogP contribution >= 0.6 is 11.8 Å². The molecule has 1 aliphatic carbocycles. The average Bonchev–Trinajstić information content (AvgIpc) is 3.19. The molecule has 7 heteroatoms. The summed E-state index contributed by atoms with van der Waals surface area (Å²) >= 11 is 0.950. The zero-order chi connectivity index (χ0) is 14.0. The number of rotatable bonds is 4. The van der Waals surface area contributed by atoms with Crippen LogP contribution in [0.4, 0.5) is 5.82 Å². The molecule has 1 heterocycles. The third kappa shape index (κ3) is 2.61. The number of anilines is 1. The Kier molecular flexibility index (Phi) is 3.59. The topological polar surface area (TPSA) is 124 Å². The van der Waals surface area contributed by atoms with E-state index in [0.29, 0.717) is 16.2 Å². The number of carboxylic acids is 1. The number of aromatic nitrogens is 1. The summed E-state index contributed by atoms with van der Waals surface area (Å²) in [5.41, 5.74) is 6.89. The second-order valence-corrected chi connectivity index (χ2v) is 5.11. The number of hydrogen-bond acceptors (Lipinski definition) is 6. The zero-order valence-electron chi connectivity index (χ0n) is 9.88. The summed E-state index contributed by atoms with van der Waals surface area (Å²) in [5.74, 6) is -0.960. The van der Waals surface area contributed by atoms with Gasteiger partial charge in [0.25, 0.3) is 0 Å². The second-order valence-electron chi connectivity index (χ2n) is 4.15. The van der Waals surface area contributed by atoms with Crippen molar-refractivity contribution in [1.82, 2.24) is 4.98 Å². The maximum absolute atomic E-state index is 10.6. The molecule has 19 heavy (non-hydrogen) atoms. The van der Waals surface area contributed by atoms with Crippen molar-refractivity contribution in [3.8, 4) is 12.1 Å². The van der Waals surface area contributed by atoms with Gasteiger partial charge in [0, 0.05) is 0 Å². The van der Waals surface area contributed by atoms with Crippen LogP contribution in [0, 0.1) is 22.7 Å². The second kappa shape index (κ2) is 5.17. The molecule has 1 aromatic heterocycles. The Hall–Kier alpha value is -2.25. The molecule has 2 rings (SSSR count). The van der Waals surface area contributed by atoms with E-state index in [1.54, 1.807) is 0 Å². The van der Waals surface area contributed by atoms with Crippen molar-refractivity contribution in [2.24, 2.45) is 0 Å². The molecule has 0 saturated heterocycles. The lowest BCUT2D eigenvalue weighted by atomic mass is 10.0. The van der Waals surface area contributed by atoms with Crippen LogP contribution < -0.4 is 5.73 Å². The Morgan fingerprint density at radius 2 is 2.05 bits per heavy atom. The number of nitrogens with zero attached hydrogens (tertiary/aromatic N) is 3. The van der Waals surface area contributed by atoms with Crippen molar-refractivity contribution in [2.45, 2.75) is 23.8 Å². The Bertz CT molecular complexity index is 626. The maximum atomic E-state index is 10.6. The minimum atomic E-state index is -0.994. The molecular weight excluding hydrogens is 264 g/mol. The molecule has 3 N–H and O–H groups in total. The van der Waals surface area contributed by atoms with Crippen LogP contribution in [0.15, 0.2) is 5.03 Å². The molecule has 1 aromatic rings. The Balaban J connectivity index is 2.53. The summed E-state index contributed by atoms with van der Waals surface area (Å²) in [7, 11) is 0. The Labute approximate surface area is 113 Å². The molecule has 0 spiro atoms. The molecular formula is C12H10N4O2S. The van der Waals surface area contributed by atoms with Crippen molar-refractivity contribution >= 4 is 23.5 Å². The SMILES string of the molecule is N#Cc1c(N)nc(SCC(=O)O)c(C#N)c1C1CC1. The number of pyridine rings is 1. The standard InChI is InChI=1S/C12H10N4O2S/c13-3-7-10(6-1-2-6)8(4-14)12(16-11(7)15)19-5-9(17)18/h6H,1-2,5H2,(H2,15,16)(H,17,18). The van der Waals surface area contributed by atoms with Crippen LogP contribution in [0.1, 0.15) is 35.4 Å². The molecule has 0 atom stereocenters. The first-order valence-corrected chi connectivity index (χ1v) is 6.55. The monoisotopic (exact) mass is 274 g/mol. The molecule has 1 fully saturated rings. The molecule has 6 nitrogen and oxygen atoms in total. The van der Waals surface area contributed by atoms with Crippen LogP contribution in [0.25, 0.3) is 0 Å². The van der Waals surface area contributed by atoms with E-state index in [9.17, 15) is 10.1 Å². The van der Waals surface area contributed by atoms with E-state index in [1.165, 1.54) is 0 Å². The lowest BCUT2D eigenvalue weighted by molar-refractivity contribution is -0.133. The number of nitrogens with two attached hydrogens (primary N) is 1. The summed E-state index contributed by atoms with van der Waals surface area (Å²) in [5, 5.41) is 27.4. The number of nitrogen functional groups attached to an aromatic ring is 1. The molecule has 0 bridgehead atoms. The van der Waals surface area contributed by atoms with Crippen molar-refractivity contribution in [2.75, 3.05) is 11.5 Å². The molecule has 1 aliphatic rings. The van der Waals surface area contributed by atoms with Crippen LogP contribution in [0.5, 0.6) is 0 Å². The van der Waals surface area contributed by atoms with E-state index < -0.39 is 5.97 Å². The van der Waals surface area contributed by atoms with Gasteiger partial charge in [-0.25, -0.2) is 4.98 Å². The fourth-order valence-corrected chi connectivity index (χ4v) is 2.56. The van der Waals surface area contributed by atoms with E-state index in [4.69, 9.17) is 16.1 Å². The first-order chi connectivity index (χ1) is 9.08. The van der Waals surface area contributed by atoms with Crippen LogP contribution in [-0.4, -0.2) is 21.8 Å². The molecule has 0 aliphatic heterocycles. The third-order valence-corrected chi connectivity index (χ3v) is 3.73. The summed E-state index contributed by atoms with van der Waals surface area (Å²) in [6, 6.07) is 4.02. The number of hydrogen-bond donors (Lipinski definition) is 2. The van der Waals surface area contributed by atoms with Gasteiger partial charge in [-0.2, -0.15) is 10.5 Å². The van der Waals surface area contributed by atoms with Gasteiger partial charge in [0.1, 0.15) is 23.0 Å². The molecule has 0 unspecified atom stereocenters.